The molecule has 0 atom stereocenters. The zero-order valence-corrected chi connectivity index (χ0v) is 13.7. The van der Waals surface area contributed by atoms with Gasteiger partial charge in [0.25, 0.3) is 0 Å². The number of nitrogens with zero attached hydrogens (tertiary/aromatic N) is 4. The van der Waals surface area contributed by atoms with Gasteiger partial charge in [0.2, 0.25) is 5.16 Å². The van der Waals surface area contributed by atoms with Crippen LogP contribution in [-0.4, -0.2) is 39.7 Å². The van der Waals surface area contributed by atoms with Crippen LogP contribution in [0.1, 0.15) is 0 Å². The highest BCUT2D eigenvalue weighted by Gasteiger charge is 2.09. The Morgan fingerprint density at radius 2 is 1.75 bits per heavy atom. The molecule has 0 aliphatic rings. The molecule has 2 aromatic carbocycles. The molecule has 8 heteroatoms. The minimum Gasteiger partial charge on any atom is -0.497 e. The van der Waals surface area contributed by atoms with Crippen molar-refractivity contribution in [2.45, 2.75) is 5.16 Å². The van der Waals surface area contributed by atoms with Gasteiger partial charge in [0.1, 0.15) is 17.3 Å². The third-order valence-corrected chi connectivity index (χ3v) is 4.04. The van der Waals surface area contributed by atoms with E-state index in [1.54, 1.807) is 23.9 Å². The monoisotopic (exact) mass is 346 g/mol. The number of rotatable bonds is 7. The van der Waals surface area contributed by atoms with E-state index in [1.807, 2.05) is 24.3 Å². The predicted octanol–water partition coefficient (Wildman–Crippen LogP) is 2.98. The lowest BCUT2D eigenvalue weighted by atomic mass is 10.3. The minimum atomic E-state index is -0.282. The molecule has 0 amide bonds. The summed E-state index contributed by atoms with van der Waals surface area (Å²) in [5.74, 6) is 1.78. The van der Waals surface area contributed by atoms with E-state index < -0.39 is 0 Å². The van der Waals surface area contributed by atoms with Gasteiger partial charge in [-0.1, -0.05) is 11.8 Å². The van der Waals surface area contributed by atoms with Gasteiger partial charge in [0.15, 0.2) is 0 Å². The number of hydrogen-bond acceptors (Lipinski definition) is 6. The molecule has 0 saturated carbocycles. The average molecular weight is 346 g/mol. The van der Waals surface area contributed by atoms with Crippen molar-refractivity contribution in [3.8, 4) is 17.2 Å². The Morgan fingerprint density at radius 3 is 2.46 bits per heavy atom. The molecule has 3 rings (SSSR count). The second-order valence-corrected chi connectivity index (χ2v) is 5.78. The molecule has 24 heavy (non-hydrogen) atoms. The lowest BCUT2D eigenvalue weighted by Crippen LogP contribution is -2.03. The first-order valence-electron chi connectivity index (χ1n) is 7.20. The summed E-state index contributed by atoms with van der Waals surface area (Å²) in [6.07, 6.45) is 0. The molecule has 0 aliphatic carbocycles. The summed E-state index contributed by atoms with van der Waals surface area (Å²) in [6, 6.07) is 13.4. The van der Waals surface area contributed by atoms with E-state index in [1.165, 1.54) is 23.9 Å². The Labute approximate surface area is 142 Å². The SMILES string of the molecule is COc1ccc(-n2nnnc2SCCOc2ccc(F)cc2)cc1. The second kappa shape index (κ2) is 7.78. The van der Waals surface area contributed by atoms with Gasteiger partial charge in [-0.05, 0) is 59.0 Å². The lowest BCUT2D eigenvalue weighted by molar-refractivity contribution is 0.343. The van der Waals surface area contributed by atoms with E-state index in [2.05, 4.69) is 15.5 Å². The Bertz CT molecular complexity index is 778. The molecule has 1 aromatic heterocycles. The topological polar surface area (TPSA) is 62.1 Å². The van der Waals surface area contributed by atoms with Crippen LogP contribution in [0.2, 0.25) is 0 Å². The van der Waals surface area contributed by atoms with Crippen LogP contribution < -0.4 is 9.47 Å². The van der Waals surface area contributed by atoms with Crippen LogP contribution >= 0.6 is 11.8 Å². The van der Waals surface area contributed by atoms with Gasteiger partial charge < -0.3 is 9.47 Å². The number of thioether (sulfide) groups is 1. The third-order valence-electron chi connectivity index (χ3n) is 3.15. The summed E-state index contributed by atoms with van der Waals surface area (Å²) in [5, 5.41) is 12.4. The van der Waals surface area contributed by atoms with Gasteiger partial charge in [-0.3, -0.25) is 0 Å². The summed E-state index contributed by atoms with van der Waals surface area (Å²) in [6.45, 7) is 0.464. The highest BCUT2D eigenvalue weighted by molar-refractivity contribution is 7.99. The first kappa shape index (κ1) is 16.3. The van der Waals surface area contributed by atoms with E-state index in [9.17, 15) is 4.39 Å². The number of hydrogen-bond donors (Lipinski definition) is 0. The van der Waals surface area contributed by atoms with Gasteiger partial charge in [-0.15, -0.1) is 5.10 Å². The molecule has 0 unspecified atom stereocenters. The first-order valence-corrected chi connectivity index (χ1v) is 8.19. The largest absolute Gasteiger partial charge is 0.497 e. The minimum absolute atomic E-state index is 0.282. The van der Waals surface area contributed by atoms with Gasteiger partial charge in [0, 0.05) is 5.75 Å². The van der Waals surface area contributed by atoms with Crippen molar-refractivity contribution in [1.82, 2.24) is 20.2 Å². The molecule has 0 aliphatic heterocycles. The Balaban J connectivity index is 1.56. The Morgan fingerprint density at radius 1 is 1.04 bits per heavy atom. The molecule has 0 saturated heterocycles. The number of tetrazole rings is 1. The van der Waals surface area contributed by atoms with Crippen molar-refractivity contribution >= 4 is 11.8 Å². The van der Waals surface area contributed by atoms with E-state index in [-0.39, 0.29) is 5.82 Å². The summed E-state index contributed by atoms with van der Waals surface area (Å²) in [4.78, 5) is 0. The van der Waals surface area contributed by atoms with Crippen LogP contribution in [0.5, 0.6) is 11.5 Å². The molecule has 124 valence electrons. The number of aromatic nitrogens is 4. The smallest absolute Gasteiger partial charge is 0.214 e. The number of benzene rings is 2. The number of halogens is 1. The van der Waals surface area contributed by atoms with Crippen LogP contribution in [0, 0.1) is 5.82 Å². The van der Waals surface area contributed by atoms with Crippen LogP contribution in [-0.2, 0) is 0 Å². The Hall–Kier alpha value is -2.61. The van der Waals surface area contributed by atoms with E-state index in [4.69, 9.17) is 9.47 Å². The summed E-state index contributed by atoms with van der Waals surface area (Å²) < 4.78 is 25.2. The normalized spacial score (nSPS) is 10.6. The molecule has 3 aromatic rings. The van der Waals surface area contributed by atoms with Crippen molar-refractivity contribution < 1.29 is 13.9 Å². The molecule has 0 radical (unpaired) electrons. The quantitative estimate of drug-likeness (QED) is 0.484. The third kappa shape index (κ3) is 4.02. The van der Waals surface area contributed by atoms with Crippen LogP contribution in [0.15, 0.2) is 53.7 Å². The standard InChI is InChI=1S/C16H15FN4O2S/c1-22-14-8-4-13(5-9-14)21-16(18-19-20-21)24-11-10-23-15-6-2-12(17)3-7-15/h2-9H,10-11H2,1H3. The van der Waals surface area contributed by atoms with Gasteiger partial charge in [-0.2, -0.15) is 4.68 Å². The molecule has 0 N–H and O–H groups in total. The Kier molecular flexibility index (Phi) is 5.27. The van der Waals surface area contributed by atoms with Crippen molar-refractivity contribution in [2.75, 3.05) is 19.5 Å². The first-order chi connectivity index (χ1) is 11.8. The van der Waals surface area contributed by atoms with Crippen LogP contribution in [0.4, 0.5) is 4.39 Å². The van der Waals surface area contributed by atoms with Crippen molar-refractivity contribution in [3.05, 3.63) is 54.3 Å². The fourth-order valence-electron chi connectivity index (χ4n) is 1.98. The number of ether oxygens (including phenoxy) is 2. The molecular weight excluding hydrogens is 331 g/mol. The van der Waals surface area contributed by atoms with E-state index in [0.29, 0.717) is 23.3 Å². The van der Waals surface area contributed by atoms with Crippen LogP contribution in [0.3, 0.4) is 0 Å². The molecule has 1 heterocycles. The highest BCUT2D eigenvalue weighted by atomic mass is 32.2. The maximum Gasteiger partial charge on any atom is 0.214 e. The molecule has 6 nitrogen and oxygen atoms in total. The van der Waals surface area contributed by atoms with E-state index in [0.717, 1.165) is 11.4 Å². The zero-order chi connectivity index (χ0) is 16.8. The predicted molar refractivity (Wildman–Crippen MR) is 88.3 cm³/mol. The molecule has 0 bridgehead atoms. The summed E-state index contributed by atoms with van der Waals surface area (Å²) in [7, 11) is 1.62. The van der Waals surface area contributed by atoms with E-state index >= 15 is 0 Å². The van der Waals surface area contributed by atoms with Gasteiger partial charge in [-0.25, -0.2) is 4.39 Å². The fourth-order valence-corrected chi connectivity index (χ4v) is 2.69. The van der Waals surface area contributed by atoms with Crippen molar-refractivity contribution in [1.29, 1.82) is 0 Å². The summed E-state index contributed by atoms with van der Waals surface area (Å²) >= 11 is 1.48. The van der Waals surface area contributed by atoms with Crippen molar-refractivity contribution in [3.63, 3.8) is 0 Å². The second-order valence-electron chi connectivity index (χ2n) is 4.72. The zero-order valence-electron chi connectivity index (χ0n) is 12.9. The molecule has 0 fully saturated rings. The van der Waals surface area contributed by atoms with Gasteiger partial charge in [0.05, 0.1) is 19.4 Å². The van der Waals surface area contributed by atoms with Gasteiger partial charge >= 0.3 is 0 Å². The summed E-state index contributed by atoms with van der Waals surface area (Å²) in [5.41, 5.74) is 0.850. The number of methoxy groups -OCH3 is 1. The molecule has 0 spiro atoms. The van der Waals surface area contributed by atoms with Crippen molar-refractivity contribution in [2.24, 2.45) is 0 Å². The fraction of sp³-hybridized carbons (Fsp3) is 0.188. The van der Waals surface area contributed by atoms with Crippen LogP contribution in [0.25, 0.3) is 5.69 Å². The maximum atomic E-state index is 12.8. The molecular formula is C16H15FN4O2S. The highest BCUT2D eigenvalue weighted by Crippen LogP contribution is 2.20. The average Bonchev–Trinajstić information content (AvgIpc) is 3.09. The lowest BCUT2D eigenvalue weighted by Gasteiger charge is -2.07. The maximum absolute atomic E-state index is 12.8.